The molecule has 0 radical (unpaired) electrons. The van der Waals surface area contributed by atoms with Crippen LogP contribution in [0.2, 0.25) is 0 Å². The van der Waals surface area contributed by atoms with Gasteiger partial charge in [-0.2, -0.15) is 0 Å². The molecule has 0 aliphatic carbocycles. The Morgan fingerprint density at radius 3 is 0.811 bits per heavy atom. The van der Waals surface area contributed by atoms with Crippen LogP contribution in [0.4, 0.5) is 0 Å². The van der Waals surface area contributed by atoms with Gasteiger partial charge < -0.3 is 22.1 Å². The highest BCUT2D eigenvalue weighted by molar-refractivity contribution is 5.36. The van der Waals surface area contributed by atoms with Gasteiger partial charge in [-0.1, -0.05) is 0 Å². The Morgan fingerprint density at radius 2 is 0.595 bits per heavy atom. The lowest BCUT2D eigenvalue weighted by atomic mass is 9.87. The average molecular weight is 501 g/mol. The molecule has 5 nitrogen and oxygen atoms in total. The summed E-state index contributed by atoms with van der Waals surface area (Å²) in [7, 11) is 0. The van der Waals surface area contributed by atoms with E-state index in [-0.39, 0.29) is 10.8 Å². The van der Waals surface area contributed by atoms with Crippen LogP contribution in [-0.2, 0) is 21.7 Å². The lowest BCUT2D eigenvalue weighted by Crippen LogP contribution is -2.20. The Balaban J connectivity index is 1.41. The Bertz CT molecular complexity index is 1350. The van der Waals surface area contributed by atoms with Gasteiger partial charge in [0.2, 0.25) is 0 Å². The minimum absolute atomic E-state index is 0.380. The fraction of sp³-hybridized carbons (Fsp3) is 0.375. The zero-order valence-corrected chi connectivity index (χ0v) is 23.0. The van der Waals surface area contributed by atoms with Gasteiger partial charge in [0.15, 0.2) is 0 Å². The van der Waals surface area contributed by atoms with Crippen molar-refractivity contribution in [3.63, 3.8) is 0 Å². The van der Waals surface area contributed by atoms with E-state index in [1.165, 1.54) is 0 Å². The summed E-state index contributed by atoms with van der Waals surface area (Å²) in [4.78, 5) is 0. The summed E-state index contributed by atoms with van der Waals surface area (Å²) >= 11 is 0. The first-order chi connectivity index (χ1) is 17.3. The van der Waals surface area contributed by atoms with E-state index in [2.05, 4.69) is 55.4 Å². The van der Waals surface area contributed by atoms with E-state index < -0.39 is 10.8 Å². The van der Waals surface area contributed by atoms with E-state index in [9.17, 15) is 0 Å². The SMILES string of the molecule is CC(C)(c1ccco1)c1ccc(C(C)(C)c2ccc(C(C)(C)c3ccc(C(C)(C)c4ccco4)o3)o2)o1. The lowest BCUT2D eigenvalue weighted by Gasteiger charge is -2.24. The maximum Gasteiger partial charge on any atom is 0.117 e. The topological polar surface area (TPSA) is 65.7 Å². The van der Waals surface area contributed by atoms with Crippen LogP contribution in [0.3, 0.4) is 0 Å². The molecule has 0 N–H and O–H groups in total. The fourth-order valence-electron chi connectivity index (χ4n) is 4.78. The van der Waals surface area contributed by atoms with Crippen LogP contribution in [0.1, 0.15) is 101 Å². The molecule has 194 valence electrons. The van der Waals surface area contributed by atoms with Crippen LogP contribution in [0.15, 0.2) is 95.3 Å². The molecule has 0 aliphatic rings. The third-order valence-corrected chi connectivity index (χ3v) is 7.79. The van der Waals surface area contributed by atoms with E-state index in [0.717, 1.165) is 46.1 Å². The maximum atomic E-state index is 6.50. The predicted octanol–water partition coefficient (Wildman–Crippen LogP) is 8.96. The minimum Gasteiger partial charge on any atom is -0.468 e. The van der Waals surface area contributed by atoms with Gasteiger partial charge in [-0.05, 0) is 116 Å². The standard InChI is InChI=1S/C32H36O5/c1-29(2,21-11-9-19-33-21)23-13-15-25(35-23)31(5,6)27-17-18-28(37-27)32(7,8)26-16-14-24(36-26)30(3,4)22-12-10-20-34-22/h9-20H,1-8H3. The van der Waals surface area contributed by atoms with Crippen molar-refractivity contribution in [3.05, 3.63) is 119 Å². The molecular formula is C32H36O5. The highest BCUT2D eigenvalue weighted by Crippen LogP contribution is 2.42. The number of rotatable bonds is 8. The Hall–Kier alpha value is -3.60. The van der Waals surface area contributed by atoms with Crippen molar-refractivity contribution >= 4 is 0 Å². The third kappa shape index (κ3) is 4.11. The van der Waals surface area contributed by atoms with Crippen molar-refractivity contribution < 1.29 is 22.1 Å². The molecule has 37 heavy (non-hydrogen) atoms. The van der Waals surface area contributed by atoms with Crippen molar-refractivity contribution in [2.75, 3.05) is 0 Å². The second kappa shape index (κ2) is 8.47. The molecule has 5 heterocycles. The van der Waals surface area contributed by atoms with Crippen LogP contribution < -0.4 is 0 Å². The molecule has 0 atom stereocenters. The molecule has 0 saturated carbocycles. The molecule has 5 aromatic rings. The van der Waals surface area contributed by atoms with Crippen molar-refractivity contribution in [3.8, 4) is 0 Å². The van der Waals surface area contributed by atoms with E-state index >= 15 is 0 Å². The number of hydrogen-bond acceptors (Lipinski definition) is 5. The van der Waals surface area contributed by atoms with Crippen LogP contribution >= 0.6 is 0 Å². The van der Waals surface area contributed by atoms with E-state index in [1.807, 2.05) is 60.7 Å². The zero-order valence-electron chi connectivity index (χ0n) is 23.0. The van der Waals surface area contributed by atoms with Crippen molar-refractivity contribution in [1.82, 2.24) is 0 Å². The lowest BCUT2D eigenvalue weighted by molar-refractivity contribution is 0.288. The molecule has 5 heteroatoms. The molecule has 0 bridgehead atoms. The molecule has 0 amide bonds. The first kappa shape index (κ1) is 25.1. The van der Waals surface area contributed by atoms with Crippen LogP contribution in [0.5, 0.6) is 0 Å². The second-order valence-electron chi connectivity index (χ2n) is 11.9. The van der Waals surface area contributed by atoms with Gasteiger partial charge in [-0.3, -0.25) is 0 Å². The zero-order chi connectivity index (χ0) is 26.6. The summed E-state index contributed by atoms with van der Waals surface area (Å²) in [6, 6.07) is 19.9. The first-order valence-electron chi connectivity index (χ1n) is 12.7. The summed E-state index contributed by atoms with van der Waals surface area (Å²) in [6.07, 6.45) is 3.38. The average Bonchev–Trinajstić information content (AvgIpc) is 3.69. The Kier molecular flexibility index (Phi) is 5.74. The van der Waals surface area contributed by atoms with Crippen LogP contribution in [0, 0.1) is 0 Å². The Morgan fingerprint density at radius 1 is 0.351 bits per heavy atom. The van der Waals surface area contributed by atoms with Crippen LogP contribution in [0.25, 0.3) is 0 Å². The summed E-state index contributed by atoms with van der Waals surface area (Å²) in [5, 5.41) is 0. The van der Waals surface area contributed by atoms with Crippen LogP contribution in [-0.4, -0.2) is 0 Å². The van der Waals surface area contributed by atoms with Gasteiger partial charge in [0, 0.05) is 0 Å². The minimum atomic E-state index is -0.471. The molecule has 0 saturated heterocycles. The summed E-state index contributed by atoms with van der Waals surface area (Å²) < 4.78 is 30.6. The van der Waals surface area contributed by atoms with E-state index in [1.54, 1.807) is 12.5 Å². The van der Waals surface area contributed by atoms with Gasteiger partial charge in [0.05, 0.1) is 34.2 Å². The summed E-state index contributed by atoms with van der Waals surface area (Å²) in [6.45, 7) is 16.8. The van der Waals surface area contributed by atoms with Gasteiger partial charge in [0.1, 0.15) is 46.1 Å². The highest BCUT2D eigenvalue weighted by Gasteiger charge is 2.38. The van der Waals surface area contributed by atoms with Gasteiger partial charge in [-0.15, -0.1) is 0 Å². The van der Waals surface area contributed by atoms with E-state index in [4.69, 9.17) is 22.1 Å². The molecule has 0 spiro atoms. The molecule has 0 aliphatic heterocycles. The quantitative estimate of drug-likeness (QED) is 0.213. The molecule has 5 rings (SSSR count). The molecule has 0 fully saturated rings. The molecule has 0 aromatic carbocycles. The van der Waals surface area contributed by atoms with Gasteiger partial charge in [-0.25, -0.2) is 0 Å². The summed E-state index contributed by atoms with van der Waals surface area (Å²) in [5.41, 5.74) is -1.70. The number of hydrogen-bond donors (Lipinski definition) is 0. The number of furan rings is 5. The van der Waals surface area contributed by atoms with Gasteiger partial charge in [0.25, 0.3) is 0 Å². The van der Waals surface area contributed by atoms with E-state index in [0.29, 0.717) is 0 Å². The molecule has 0 unspecified atom stereocenters. The molecular weight excluding hydrogens is 464 g/mol. The first-order valence-corrected chi connectivity index (χ1v) is 12.7. The largest absolute Gasteiger partial charge is 0.468 e. The predicted molar refractivity (Wildman–Crippen MR) is 142 cm³/mol. The smallest absolute Gasteiger partial charge is 0.117 e. The van der Waals surface area contributed by atoms with Gasteiger partial charge >= 0.3 is 0 Å². The Labute approximate surface area is 218 Å². The van der Waals surface area contributed by atoms with Crippen molar-refractivity contribution in [2.45, 2.75) is 77.0 Å². The monoisotopic (exact) mass is 500 g/mol. The fourth-order valence-corrected chi connectivity index (χ4v) is 4.78. The van der Waals surface area contributed by atoms with Crippen molar-refractivity contribution in [2.24, 2.45) is 0 Å². The second-order valence-corrected chi connectivity index (χ2v) is 11.9. The van der Waals surface area contributed by atoms with Crippen molar-refractivity contribution in [1.29, 1.82) is 0 Å². The third-order valence-electron chi connectivity index (χ3n) is 7.79. The summed E-state index contributed by atoms with van der Waals surface area (Å²) in [5.74, 6) is 6.75. The normalized spacial score (nSPS) is 13.4. The highest BCUT2D eigenvalue weighted by atomic mass is 16.4. The molecule has 5 aromatic heterocycles. The maximum absolute atomic E-state index is 6.50.